The number of aromatic nitrogens is 4. The van der Waals surface area contributed by atoms with Gasteiger partial charge in [-0.3, -0.25) is 14.3 Å². The highest BCUT2D eigenvalue weighted by Gasteiger charge is 2.18. The number of carbonyl (C=O) groups excluding carboxylic acids is 1. The Morgan fingerprint density at radius 2 is 1.58 bits per heavy atom. The molecule has 1 amide bonds. The maximum absolute atomic E-state index is 14.7. The van der Waals surface area contributed by atoms with Gasteiger partial charge in [-0.25, -0.2) is 8.78 Å². The molecule has 36 heavy (non-hydrogen) atoms. The highest BCUT2D eigenvalue weighted by Crippen LogP contribution is 2.30. The molecule has 0 aliphatic carbocycles. The van der Waals surface area contributed by atoms with Gasteiger partial charge >= 0.3 is 0 Å². The number of carbonyl (C=O) groups is 1. The lowest BCUT2D eigenvalue weighted by molar-refractivity contribution is 0.102. The molecular weight excluding hydrogens is 480 g/mol. The first kappa shape index (κ1) is 23.4. The van der Waals surface area contributed by atoms with Crippen LogP contribution in [0.3, 0.4) is 0 Å². The quantitative estimate of drug-likeness (QED) is 0.272. The van der Waals surface area contributed by atoms with E-state index in [1.165, 1.54) is 42.1 Å². The third-order valence-electron chi connectivity index (χ3n) is 5.35. The normalized spacial score (nSPS) is 10.8. The molecule has 178 valence electrons. The average Bonchev–Trinajstić information content (AvgIpc) is 3.33. The van der Waals surface area contributed by atoms with E-state index in [1.807, 2.05) is 12.1 Å². The van der Waals surface area contributed by atoms with Crippen molar-refractivity contribution in [1.82, 2.24) is 19.7 Å². The number of benzene rings is 3. The summed E-state index contributed by atoms with van der Waals surface area (Å²) < 4.78 is 29.5. The molecule has 2 aromatic heterocycles. The predicted molar refractivity (Wildman–Crippen MR) is 135 cm³/mol. The van der Waals surface area contributed by atoms with Gasteiger partial charge in [0.05, 0.1) is 5.69 Å². The minimum Gasteiger partial charge on any atom is -0.322 e. The second-order valence-corrected chi connectivity index (χ2v) is 8.72. The van der Waals surface area contributed by atoms with Crippen LogP contribution in [-0.2, 0) is 5.75 Å². The standard InChI is InChI=1S/C27H19F2N5OS/c28-21-9-11-22(12-10-21)31-26(35)20-7-5-18(6-8-20)17-36-27-33-32-25(19-13-15-30-16-14-19)34(27)24-4-2-1-3-23(24)29/h1-16H,17H2,(H,31,35). The number of nitrogens with one attached hydrogen (secondary N) is 1. The lowest BCUT2D eigenvalue weighted by Gasteiger charge is -2.11. The molecule has 0 unspecified atom stereocenters. The molecule has 0 atom stereocenters. The molecular formula is C27H19F2N5OS. The maximum atomic E-state index is 14.7. The van der Waals surface area contributed by atoms with Crippen molar-refractivity contribution >= 4 is 23.4 Å². The van der Waals surface area contributed by atoms with Crippen molar-refractivity contribution in [2.24, 2.45) is 0 Å². The second kappa shape index (κ2) is 10.5. The van der Waals surface area contributed by atoms with Crippen LogP contribution in [0.25, 0.3) is 17.1 Å². The van der Waals surface area contributed by atoms with E-state index in [-0.39, 0.29) is 17.5 Å². The smallest absolute Gasteiger partial charge is 0.255 e. The van der Waals surface area contributed by atoms with Crippen LogP contribution in [0, 0.1) is 11.6 Å². The summed E-state index contributed by atoms with van der Waals surface area (Å²) in [5.41, 5.74) is 3.06. The number of rotatable bonds is 7. The van der Waals surface area contributed by atoms with E-state index in [4.69, 9.17) is 0 Å². The monoisotopic (exact) mass is 499 g/mol. The fraction of sp³-hybridized carbons (Fsp3) is 0.0370. The Hall–Kier alpha value is -4.37. The highest BCUT2D eigenvalue weighted by molar-refractivity contribution is 7.98. The van der Waals surface area contributed by atoms with Gasteiger partial charge in [-0.2, -0.15) is 0 Å². The van der Waals surface area contributed by atoms with Crippen LogP contribution in [0.4, 0.5) is 14.5 Å². The lowest BCUT2D eigenvalue weighted by Crippen LogP contribution is -2.11. The number of para-hydroxylation sites is 1. The topological polar surface area (TPSA) is 72.7 Å². The molecule has 5 rings (SSSR count). The molecule has 5 aromatic rings. The second-order valence-electron chi connectivity index (χ2n) is 7.78. The Kier molecular flexibility index (Phi) is 6.81. The minimum absolute atomic E-state index is 0.290. The van der Waals surface area contributed by atoms with Gasteiger partial charge in [-0.15, -0.1) is 10.2 Å². The maximum Gasteiger partial charge on any atom is 0.255 e. The summed E-state index contributed by atoms with van der Waals surface area (Å²) in [6, 6.07) is 22.8. The first-order valence-electron chi connectivity index (χ1n) is 11.0. The number of nitrogens with zero attached hydrogens (tertiary/aromatic N) is 4. The molecule has 0 fully saturated rings. The number of halogens is 2. The fourth-order valence-electron chi connectivity index (χ4n) is 3.54. The molecule has 3 aromatic carbocycles. The van der Waals surface area contributed by atoms with Crippen molar-refractivity contribution in [1.29, 1.82) is 0 Å². The van der Waals surface area contributed by atoms with Gasteiger partial charge in [-0.1, -0.05) is 36.0 Å². The first-order valence-corrected chi connectivity index (χ1v) is 12.0. The fourth-order valence-corrected chi connectivity index (χ4v) is 4.44. The molecule has 1 N–H and O–H groups in total. The molecule has 0 saturated heterocycles. The molecule has 0 aliphatic heterocycles. The summed E-state index contributed by atoms with van der Waals surface area (Å²) in [6.45, 7) is 0. The summed E-state index contributed by atoms with van der Waals surface area (Å²) in [7, 11) is 0. The van der Waals surface area contributed by atoms with Crippen molar-refractivity contribution in [3.05, 3.63) is 120 Å². The van der Waals surface area contributed by atoms with Crippen LogP contribution in [-0.4, -0.2) is 25.7 Å². The average molecular weight is 500 g/mol. The van der Waals surface area contributed by atoms with Crippen molar-refractivity contribution in [3.8, 4) is 17.1 Å². The van der Waals surface area contributed by atoms with E-state index in [2.05, 4.69) is 20.5 Å². The highest BCUT2D eigenvalue weighted by atomic mass is 32.2. The van der Waals surface area contributed by atoms with Crippen molar-refractivity contribution in [2.75, 3.05) is 5.32 Å². The SMILES string of the molecule is O=C(Nc1ccc(F)cc1)c1ccc(CSc2nnc(-c3ccncc3)n2-c2ccccc2F)cc1. The summed E-state index contributed by atoms with van der Waals surface area (Å²) in [4.78, 5) is 16.5. The van der Waals surface area contributed by atoms with Gasteiger partial charge < -0.3 is 5.32 Å². The van der Waals surface area contributed by atoms with E-state index in [0.29, 0.717) is 33.7 Å². The Morgan fingerprint density at radius 1 is 0.861 bits per heavy atom. The van der Waals surface area contributed by atoms with Crippen molar-refractivity contribution < 1.29 is 13.6 Å². The molecule has 0 bridgehead atoms. The van der Waals surface area contributed by atoms with E-state index in [9.17, 15) is 13.6 Å². The van der Waals surface area contributed by atoms with Gasteiger partial charge in [0.1, 0.15) is 11.6 Å². The molecule has 0 aliphatic rings. The molecule has 0 radical (unpaired) electrons. The third-order valence-corrected chi connectivity index (χ3v) is 6.35. The molecule has 0 saturated carbocycles. The Bertz CT molecular complexity index is 1490. The van der Waals surface area contributed by atoms with Gasteiger partial charge in [0.15, 0.2) is 11.0 Å². The van der Waals surface area contributed by atoms with Crippen LogP contribution in [0.5, 0.6) is 0 Å². The van der Waals surface area contributed by atoms with E-state index < -0.39 is 0 Å². The van der Waals surface area contributed by atoms with Gasteiger partial charge in [0, 0.05) is 35.0 Å². The van der Waals surface area contributed by atoms with Crippen molar-refractivity contribution in [2.45, 2.75) is 10.9 Å². The number of thioether (sulfide) groups is 1. The molecule has 2 heterocycles. The summed E-state index contributed by atoms with van der Waals surface area (Å²) in [6.07, 6.45) is 3.30. The van der Waals surface area contributed by atoms with Gasteiger partial charge in [0.25, 0.3) is 5.91 Å². The molecule has 6 nitrogen and oxygen atoms in total. The lowest BCUT2D eigenvalue weighted by atomic mass is 10.1. The minimum atomic E-state index is -0.383. The van der Waals surface area contributed by atoms with Gasteiger partial charge in [0.2, 0.25) is 0 Å². The summed E-state index contributed by atoms with van der Waals surface area (Å²) in [5, 5.41) is 11.9. The number of hydrogen-bond donors (Lipinski definition) is 1. The van der Waals surface area contributed by atoms with Crippen LogP contribution < -0.4 is 5.32 Å². The van der Waals surface area contributed by atoms with E-state index in [0.717, 1.165) is 11.1 Å². The van der Waals surface area contributed by atoms with Crippen LogP contribution >= 0.6 is 11.8 Å². The van der Waals surface area contributed by atoms with E-state index >= 15 is 0 Å². The number of amides is 1. The molecule has 0 spiro atoms. The van der Waals surface area contributed by atoms with Gasteiger partial charge in [-0.05, 0) is 66.2 Å². The zero-order valence-corrected chi connectivity index (χ0v) is 19.6. The van der Waals surface area contributed by atoms with Crippen LogP contribution in [0.1, 0.15) is 15.9 Å². The largest absolute Gasteiger partial charge is 0.322 e. The van der Waals surface area contributed by atoms with Crippen LogP contribution in [0.15, 0.2) is 102 Å². The number of pyridine rings is 1. The van der Waals surface area contributed by atoms with E-state index in [1.54, 1.807) is 59.4 Å². The zero-order valence-electron chi connectivity index (χ0n) is 18.8. The zero-order chi connectivity index (χ0) is 24.9. The molecule has 9 heteroatoms. The third kappa shape index (κ3) is 5.16. The Balaban J connectivity index is 1.34. The Morgan fingerprint density at radius 3 is 2.31 bits per heavy atom. The number of anilines is 1. The Labute approximate surface area is 210 Å². The number of hydrogen-bond acceptors (Lipinski definition) is 5. The van der Waals surface area contributed by atoms with Crippen LogP contribution in [0.2, 0.25) is 0 Å². The van der Waals surface area contributed by atoms with Crippen molar-refractivity contribution in [3.63, 3.8) is 0 Å². The summed E-state index contributed by atoms with van der Waals surface area (Å²) in [5.74, 6) is 0.00228. The predicted octanol–water partition coefficient (Wildman–Crippen LogP) is 6.15. The first-order chi connectivity index (χ1) is 17.6. The summed E-state index contributed by atoms with van der Waals surface area (Å²) >= 11 is 1.41.